The Kier molecular flexibility index (Phi) is 11.1. The molecule has 1 aromatic rings. The van der Waals surface area contributed by atoms with Crippen molar-refractivity contribution in [1.82, 2.24) is 15.1 Å². The number of nitrogens with two attached hydrogens (primary N) is 1. The van der Waals surface area contributed by atoms with Crippen LogP contribution in [0, 0.1) is 0 Å². The van der Waals surface area contributed by atoms with Crippen molar-refractivity contribution in [3.63, 3.8) is 0 Å². The Hall–Kier alpha value is -0.900. The van der Waals surface area contributed by atoms with E-state index in [9.17, 15) is 0 Å². The Morgan fingerprint density at radius 2 is 1.73 bits per heavy atom. The molecule has 1 heterocycles. The highest BCUT2D eigenvalue weighted by Gasteiger charge is 2.15. The zero-order valence-corrected chi connectivity index (χ0v) is 18.6. The molecule has 1 fully saturated rings. The first-order valence-corrected chi connectivity index (χ1v) is 9.18. The fourth-order valence-corrected chi connectivity index (χ4v) is 3.04. The number of ether oxygens (including phenoxy) is 1. The number of rotatable bonds is 8. The molecule has 0 spiro atoms. The first-order valence-electron chi connectivity index (χ1n) is 9.18. The average Bonchev–Trinajstić information content (AvgIpc) is 2.62. The van der Waals surface area contributed by atoms with Gasteiger partial charge in [-0.05, 0) is 24.6 Å². The number of aliphatic imine (C=N–C) groups is 1. The van der Waals surface area contributed by atoms with Gasteiger partial charge in [-0.3, -0.25) is 4.90 Å². The molecule has 0 aromatic heterocycles. The Balaban J connectivity index is 0.00000338. The van der Waals surface area contributed by atoms with Gasteiger partial charge in [-0.2, -0.15) is 0 Å². The smallest absolute Gasteiger partial charge is 0.189 e. The van der Waals surface area contributed by atoms with Gasteiger partial charge < -0.3 is 20.7 Å². The topological polar surface area (TPSA) is 66.1 Å². The van der Waals surface area contributed by atoms with Gasteiger partial charge in [0.25, 0.3) is 0 Å². The third-order valence-electron chi connectivity index (χ3n) is 4.58. The number of halogens is 1. The summed E-state index contributed by atoms with van der Waals surface area (Å²) in [5.74, 6) is 0.461. The van der Waals surface area contributed by atoms with Crippen LogP contribution in [0.15, 0.2) is 29.3 Å². The molecule has 6 nitrogen and oxygen atoms in total. The first kappa shape index (κ1) is 23.1. The molecular weight excluding hydrogens is 441 g/mol. The van der Waals surface area contributed by atoms with E-state index >= 15 is 0 Å². The number of piperazine rings is 1. The highest BCUT2D eigenvalue weighted by molar-refractivity contribution is 14.0. The van der Waals surface area contributed by atoms with Gasteiger partial charge >= 0.3 is 0 Å². The predicted molar refractivity (Wildman–Crippen MR) is 119 cm³/mol. The molecule has 0 aliphatic carbocycles. The van der Waals surface area contributed by atoms with E-state index in [0.29, 0.717) is 19.1 Å². The summed E-state index contributed by atoms with van der Waals surface area (Å²) in [4.78, 5) is 9.42. The van der Waals surface area contributed by atoms with Gasteiger partial charge in [0.05, 0.1) is 13.2 Å². The van der Waals surface area contributed by atoms with Gasteiger partial charge in [-0.15, -0.1) is 24.0 Å². The number of nitrogens with one attached hydrogen (secondary N) is 1. The van der Waals surface area contributed by atoms with Crippen LogP contribution >= 0.6 is 24.0 Å². The highest BCUT2D eigenvalue weighted by Crippen LogP contribution is 2.10. The monoisotopic (exact) mass is 475 g/mol. The molecule has 1 saturated heterocycles. The van der Waals surface area contributed by atoms with E-state index in [-0.39, 0.29) is 30.0 Å². The maximum atomic E-state index is 5.90. The number of hydrogen-bond donors (Lipinski definition) is 2. The number of benzene rings is 1. The molecule has 26 heavy (non-hydrogen) atoms. The van der Waals surface area contributed by atoms with Crippen LogP contribution in [0.25, 0.3) is 0 Å². The Labute approximate surface area is 175 Å². The van der Waals surface area contributed by atoms with Crippen molar-refractivity contribution >= 4 is 29.9 Å². The fourth-order valence-electron chi connectivity index (χ4n) is 3.04. The van der Waals surface area contributed by atoms with Crippen LogP contribution in [0.2, 0.25) is 0 Å². The van der Waals surface area contributed by atoms with Gasteiger partial charge in [-0.1, -0.05) is 31.2 Å². The van der Waals surface area contributed by atoms with E-state index in [1.165, 1.54) is 24.2 Å². The summed E-state index contributed by atoms with van der Waals surface area (Å²) in [7, 11) is 1.68. The van der Waals surface area contributed by atoms with Crippen molar-refractivity contribution in [3.8, 4) is 0 Å². The molecule has 1 aliphatic rings. The number of hydrogen-bond acceptors (Lipinski definition) is 4. The normalized spacial score (nSPS) is 17.6. The summed E-state index contributed by atoms with van der Waals surface area (Å²) >= 11 is 0. The Bertz CT molecular complexity index is 529. The van der Waals surface area contributed by atoms with E-state index in [1.807, 2.05) is 6.92 Å². The van der Waals surface area contributed by atoms with Gasteiger partial charge in [-0.25, -0.2) is 4.99 Å². The summed E-state index contributed by atoms with van der Waals surface area (Å²) in [5, 5.41) is 3.12. The van der Waals surface area contributed by atoms with Crippen LogP contribution in [-0.4, -0.2) is 68.2 Å². The number of nitrogens with zero attached hydrogens (tertiary/aromatic N) is 3. The summed E-state index contributed by atoms with van der Waals surface area (Å²) < 4.78 is 5.08. The van der Waals surface area contributed by atoms with E-state index in [0.717, 1.165) is 26.2 Å². The molecule has 0 bridgehead atoms. The molecule has 0 amide bonds. The van der Waals surface area contributed by atoms with Gasteiger partial charge in [0.15, 0.2) is 5.96 Å². The average molecular weight is 475 g/mol. The van der Waals surface area contributed by atoms with Crippen LogP contribution in [0.3, 0.4) is 0 Å². The maximum Gasteiger partial charge on any atom is 0.189 e. The predicted octanol–water partition coefficient (Wildman–Crippen LogP) is 1.88. The van der Waals surface area contributed by atoms with Gasteiger partial charge in [0.2, 0.25) is 0 Å². The summed E-state index contributed by atoms with van der Waals surface area (Å²) in [6.45, 7) is 12.3. The van der Waals surface area contributed by atoms with E-state index in [2.05, 4.69) is 51.3 Å². The summed E-state index contributed by atoms with van der Waals surface area (Å²) in [5.41, 5.74) is 8.43. The van der Waals surface area contributed by atoms with Crippen molar-refractivity contribution < 1.29 is 4.74 Å². The van der Waals surface area contributed by atoms with Crippen LogP contribution in [0.4, 0.5) is 0 Å². The van der Waals surface area contributed by atoms with Crippen molar-refractivity contribution in [2.75, 3.05) is 46.4 Å². The molecule has 0 radical (unpaired) electrons. The quantitative estimate of drug-likeness (QED) is 0.342. The molecule has 1 aromatic carbocycles. The minimum Gasteiger partial charge on any atom is -0.383 e. The lowest BCUT2D eigenvalue weighted by molar-refractivity contribution is 0.132. The lowest BCUT2D eigenvalue weighted by Gasteiger charge is -2.34. The second-order valence-corrected chi connectivity index (χ2v) is 6.73. The molecule has 1 aliphatic heterocycles. The minimum absolute atomic E-state index is 0. The Morgan fingerprint density at radius 3 is 2.31 bits per heavy atom. The fraction of sp³-hybridized carbons (Fsp3) is 0.632. The SMILES string of the molecule is CCN1CCN(Cc2ccc(CN=C(N)NC(C)COC)cc2)CC1.I. The molecule has 148 valence electrons. The molecule has 3 N–H and O–H groups in total. The third kappa shape index (κ3) is 8.20. The molecule has 0 saturated carbocycles. The van der Waals surface area contributed by atoms with Gasteiger partial charge in [0, 0.05) is 45.9 Å². The van der Waals surface area contributed by atoms with Crippen molar-refractivity contribution in [3.05, 3.63) is 35.4 Å². The number of likely N-dealkylation sites (N-methyl/N-ethyl adjacent to an activating group) is 1. The molecule has 1 unspecified atom stereocenters. The number of methoxy groups -OCH3 is 1. The van der Waals surface area contributed by atoms with Crippen molar-refractivity contribution in [2.45, 2.75) is 33.0 Å². The highest BCUT2D eigenvalue weighted by atomic mass is 127. The standard InChI is InChI=1S/C19H33N5O.HI/c1-4-23-9-11-24(12-10-23)14-18-7-5-17(6-8-18)13-21-19(20)22-16(2)15-25-3;/h5-8,16H,4,9-15H2,1-3H3,(H3,20,21,22);1H. The maximum absolute atomic E-state index is 5.90. The zero-order chi connectivity index (χ0) is 18.1. The van der Waals surface area contributed by atoms with Crippen LogP contribution in [0.1, 0.15) is 25.0 Å². The van der Waals surface area contributed by atoms with Crippen molar-refractivity contribution in [1.29, 1.82) is 0 Å². The van der Waals surface area contributed by atoms with Crippen LogP contribution in [-0.2, 0) is 17.8 Å². The molecule has 2 rings (SSSR count). The van der Waals surface area contributed by atoms with E-state index in [1.54, 1.807) is 7.11 Å². The van der Waals surface area contributed by atoms with Gasteiger partial charge in [0.1, 0.15) is 0 Å². The minimum atomic E-state index is 0. The Morgan fingerprint density at radius 1 is 1.15 bits per heavy atom. The van der Waals surface area contributed by atoms with E-state index < -0.39 is 0 Å². The van der Waals surface area contributed by atoms with Crippen LogP contribution in [0.5, 0.6) is 0 Å². The van der Waals surface area contributed by atoms with E-state index in [4.69, 9.17) is 10.5 Å². The second-order valence-electron chi connectivity index (χ2n) is 6.73. The molecule has 7 heteroatoms. The summed E-state index contributed by atoms with van der Waals surface area (Å²) in [6.07, 6.45) is 0. The molecule has 1 atom stereocenters. The lowest BCUT2D eigenvalue weighted by atomic mass is 10.1. The van der Waals surface area contributed by atoms with Crippen LogP contribution < -0.4 is 11.1 Å². The second kappa shape index (κ2) is 12.5. The van der Waals surface area contributed by atoms with Crippen molar-refractivity contribution in [2.24, 2.45) is 10.7 Å². The third-order valence-corrected chi connectivity index (χ3v) is 4.58. The lowest BCUT2D eigenvalue weighted by Crippen LogP contribution is -2.45. The number of guanidine groups is 1. The molecular formula is C19H34IN5O. The largest absolute Gasteiger partial charge is 0.383 e. The summed E-state index contributed by atoms with van der Waals surface area (Å²) in [6, 6.07) is 8.85. The zero-order valence-electron chi connectivity index (χ0n) is 16.3. The first-order chi connectivity index (χ1) is 12.1.